The van der Waals surface area contributed by atoms with Gasteiger partial charge < -0.3 is 10.6 Å². The van der Waals surface area contributed by atoms with E-state index in [-0.39, 0.29) is 17.9 Å². The van der Waals surface area contributed by atoms with Gasteiger partial charge in [-0.1, -0.05) is 0 Å². The molecule has 2 rings (SSSR count). The summed E-state index contributed by atoms with van der Waals surface area (Å²) in [5.74, 6) is 2.03. The summed E-state index contributed by atoms with van der Waals surface area (Å²) in [5, 5.41) is 6.50. The number of amides is 1. The Hall–Kier alpha value is -0.570. The molecule has 1 aliphatic carbocycles. The third-order valence-electron chi connectivity index (χ3n) is 3.57. The summed E-state index contributed by atoms with van der Waals surface area (Å²) in [6.45, 7) is 6.29. The Morgan fingerprint density at radius 1 is 1.20 bits per heavy atom. The average molecular weight is 210 g/mol. The van der Waals surface area contributed by atoms with Crippen LogP contribution >= 0.6 is 0 Å². The van der Waals surface area contributed by atoms with Gasteiger partial charge in [0, 0.05) is 12.0 Å². The molecule has 1 saturated carbocycles. The van der Waals surface area contributed by atoms with Crippen LogP contribution in [0.5, 0.6) is 0 Å². The Bertz CT molecular complexity index is 228. The summed E-state index contributed by atoms with van der Waals surface area (Å²) in [4.78, 5) is 11.9. The Labute approximate surface area is 92.0 Å². The molecule has 0 aromatic rings. The Morgan fingerprint density at radius 3 is 2.33 bits per heavy atom. The van der Waals surface area contributed by atoms with E-state index in [1.807, 2.05) is 13.8 Å². The lowest BCUT2D eigenvalue weighted by Crippen LogP contribution is -2.46. The monoisotopic (exact) mass is 210 g/mol. The predicted octanol–water partition coefficient (Wildman–Crippen LogP) is 1.15. The maximum atomic E-state index is 11.9. The minimum atomic E-state index is 0.275. The molecular formula is C12H22N2O. The first kappa shape index (κ1) is 10.9. The molecule has 2 N–H and O–H groups in total. The molecule has 1 amide bonds. The SMILES string of the molecule is CC(C)NC(=O)C1CC2CNCC(C2)C1. The fraction of sp³-hybridized carbons (Fsp3) is 0.917. The van der Waals surface area contributed by atoms with E-state index in [1.54, 1.807) is 0 Å². The van der Waals surface area contributed by atoms with Crippen molar-refractivity contribution in [2.24, 2.45) is 17.8 Å². The Balaban J connectivity index is 1.90. The van der Waals surface area contributed by atoms with Crippen molar-refractivity contribution < 1.29 is 4.79 Å². The number of piperidine rings is 1. The van der Waals surface area contributed by atoms with Crippen LogP contribution in [0.25, 0.3) is 0 Å². The van der Waals surface area contributed by atoms with Gasteiger partial charge in [0.25, 0.3) is 0 Å². The summed E-state index contributed by atoms with van der Waals surface area (Å²) < 4.78 is 0. The molecule has 0 aromatic heterocycles. The molecule has 2 fully saturated rings. The van der Waals surface area contributed by atoms with Gasteiger partial charge in [0.15, 0.2) is 0 Å². The Kier molecular flexibility index (Phi) is 3.29. The molecule has 3 nitrogen and oxygen atoms in total. The normalized spacial score (nSPS) is 35.3. The first-order valence-corrected chi connectivity index (χ1v) is 6.16. The van der Waals surface area contributed by atoms with Gasteiger partial charge in [-0.25, -0.2) is 0 Å². The van der Waals surface area contributed by atoms with E-state index >= 15 is 0 Å². The molecule has 0 aromatic carbocycles. The molecule has 2 atom stereocenters. The van der Waals surface area contributed by atoms with E-state index in [2.05, 4.69) is 10.6 Å². The first-order valence-electron chi connectivity index (χ1n) is 6.16. The molecule has 2 aliphatic rings. The van der Waals surface area contributed by atoms with Crippen molar-refractivity contribution in [2.75, 3.05) is 13.1 Å². The molecule has 2 unspecified atom stereocenters. The highest BCUT2D eigenvalue weighted by atomic mass is 16.1. The number of fused-ring (bicyclic) bond motifs is 2. The van der Waals surface area contributed by atoms with Gasteiger partial charge in [-0.05, 0) is 58.0 Å². The van der Waals surface area contributed by atoms with E-state index in [0.717, 1.165) is 37.8 Å². The van der Waals surface area contributed by atoms with Crippen molar-refractivity contribution in [2.45, 2.75) is 39.2 Å². The molecular weight excluding hydrogens is 188 g/mol. The van der Waals surface area contributed by atoms with Crippen molar-refractivity contribution in [3.63, 3.8) is 0 Å². The zero-order chi connectivity index (χ0) is 10.8. The van der Waals surface area contributed by atoms with Crippen LogP contribution in [0.3, 0.4) is 0 Å². The number of hydrogen-bond acceptors (Lipinski definition) is 2. The zero-order valence-electron chi connectivity index (χ0n) is 9.75. The van der Waals surface area contributed by atoms with Crippen molar-refractivity contribution in [3.8, 4) is 0 Å². The maximum Gasteiger partial charge on any atom is 0.223 e. The van der Waals surface area contributed by atoms with Gasteiger partial charge >= 0.3 is 0 Å². The molecule has 86 valence electrons. The fourth-order valence-corrected chi connectivity index (χ4v) is 3.01. The van der Waals surface area contributed by atoms with E-state index in [1.165, 1.54) is 6.42 Å². The second kappa shape index (κ2) is 4.52. The predicted molar refractivity (Wildman–Crippen MR) is 60.5 cm³/mol. The third-order valence-corrected chi connectivity index (χ3v) is 3.57. The highest BCUT2D eigenvalue weighted by molar-refractivity contribution is 5.79. The van der Waals surface area contributed by atoms with Gasteiger partial charge in [-0.3, -0.25) is 4.79 Å². The standard InChI is InChI=1S/C12H22N2O/c1-8(2)14-12(15)11-4-9-3-10(5-11)7-13-6-9/h8-11,13H,3-7H2,1-2H3,(H,14,15). The van der Waals surface area contributed by atoms with E-state index in [9.17, 15) is 4.79 Å². The van der Waals surface area contributed by atoms with Crippen molar-refractivity contribution in [1.29, 1.82) is 0 Å². The molecule has 2 bridgehead atoms. The van der Waals surface area contributed by atoms with E-state index in [4.69, 9.17) is 0 Å². The van der Waals surface area contributed by atoms with Crippen LogP contribution in [0.2, 0.25) is 0 Å². The summed E-state index contributed by atoms with van der Waals surface area (Å²) in [5.41, 5.74) is 0. The molecule has 1 saturated heterocycles. The lowest BCUT2D eigenvalue weighted by Gasteiger charge is -2.39. The maximum absolute atomic E-state index is 11.9. The molecule has 0 spiro atoms. The topological polar surface area (TPSA) is 41.1 Å². The quantitative estimate of drug-likeness (QED) is 0.718. The molecule has 3 heteroatoms. The van der Waals surface area contributed by atoms with Gasteiger partial charge in [0.05, 0.1) is 0 Å². The highest BCUT2D eigenvalue weighted by Gasteiger charge is 2.34. The lowest BCUT2D eigenvalue weighted by atomic mass is 9.72. The van der Waals surface area contributed by atoms with Gasteiger partial charge in [0.2, 0.25) is 5.91 Å². The lowest BCUT2D eigenvalue weighted by molar-refractivity contribution is -0.127. The molecule has 1 aliphatic heterocycles. The van der Waals surface area contributed by atoms with Gasteiger partial charge in [-0.15, -0.1) is 0 Å². The number of carbonyl (C=O) groups is 1. The average Bonchev–Trinajstić information content (AvgIpc) is 2.16. The molecule has 15 heavy (non-hydrogen) atoms. The second-order valence-electron chi connectivity index (χ2n) is 5.46. The van der Waals surface area contributed by atoms with Crippen LogP contribution in [-0.2, 0) is 4.79 Å². The number of carbonyl (C=O) groups excluding carboxylic acids is 1. The Morgan fingerprint density at radius 2 is 1.80 bits per heavy atom. The first-order chi connectivity index (χ1) is 7.15. The summed E-state index contributed by atoms with van der Waals surface area (Å²) >= 11 is 0. The summed E-state index contributed by atoms with van der Waals surface area (Å²) in [6.07, 6.45) is 3.50. The number of rotatable bonds is 2. The third kappa shape index (κ3) is 2.71. The smallest absolute Gasteiger partial charge is 0.223 e. The second-order valence-corrected chi connectivity index (χ2v) is 5.46. The highest BCUT2D eigenvalue weighted by Crippen LogP contribution is 2.35. The molecule has 1 heterocycles. The summed E-state index contributed by atoms with van der Waals surface area (Å²) in [6, 6.07) is 0.275. The molecule has 0 radical (unpaired) electrons. The zero-order valence-corrected chi connectivity index (χ0v) is 9.75. The van der Waals surface area contributed by atoms with Crippen LogP contribution in [0.15, 0.2) is 0 Å². The van der Waals surface area contributed by atoms with Crippen LogP contribution in [0.4, 0.5) is 0 Å². The van der Waals surface area contributed by atoms with Crippen LogP contribution in [0.1, 0.15) is 33.1 Å². The van der Waals surface area contributed by atoms with Crippen LogP contribution in [0, 0.1) is 17.8 Å². The van der Waals surface area contributed by atoms with E-state index in [0.29, 0.717) is 0 Å². The van der Waals surface area contributed by atoms with Crippen molar-refractivity contribution >= 4 is 5.91 Å². The minimum absolute atomic E-state index is 0.275. The number of hydrogen-bond donors (Lipinski definition) is 2. The number of nitrogens with one attached hydrogen (secondary N) is 2. The van der Waals surface area contributed by atoms with Gasteiger partial charge in [-0.2, -0.15) is 0 Å². The summed E-state index contributed by atoms with van der Waals surface area (Å²) in [7, 11) is 0. The van der Waals surface area contributed by atoms with Crippen molar-refractivity contribution in [3.05, 3.63) is 0 Å². The van der Waals surface area contributed by atoms with Gasteiger partial charge in [0.1, 0.15) is 0 Å². The van der Waals surface area contributed by atoms with Crippen LogP contribution in [-0.4, -0.2) is 25.0 Å². The minimum Gasteiger partial charge on any atom is -0.354 e. The van der Waals surface area contributed by atoms with E-state index < -0.39 is 0 Å². The fourth-order valence-electron chi connectivity index (χ4n) is 3.01. The van der Waals surface area contributed by atoms with Crippen LogP contribution < -0.4 is 10.6 Å². The van der Waals surface area contributed by atoms with Crippen molar-refractivity contribution in [1.82, 2.24) is 10.6 Å². The largest absolute Gasteiger partial charge is 0.354 e.